The van der Waals surface area contributed by atoms with Gasteiger partial charge < -0.3 is 10.5 Å². The highest BCUT2D eigenvalue weighted by atomic mass is 35.5. The van der Waals surface area contributed by atoms with Gasteiger partial charge in [0.1, 0.15) is 10.6 Å². The van der Waals surface area contributed by atoms with Crippen molar-refractivity contribution in [3.8, 4) is 0 Å². The van der Waals surface area contributed by atoms with Crippen LogP contribution in [0.15, 0.2) is 12.1 Å². The highest BCUT2D eigenvalue weighted by molar-refractivity contribution is 6.33. The molecule has 0 heterocycles. The molecule has 0 bridgehead atoms. The summed E-state index contributed by atoms with van der Waals surface area (Å²) in [6, 6.07) is 2.38. The molecule has 0 spiro atoms. The fraction of sp³-hybridized carbons (Fsp3) is 0.222. The Kier molecular flexibility index (Phi) is 3.68. The van der Waals surface area contributed by atoms with Crippen LogP contribution in [0.2, 0.25) is 5.02 Å². The van der Waals surface area contributed by atoms with Crippen molar-refractivity contribution < 1.29 is 14.5 Å². The zero-order chi connectivity index (χ0) is 12.3. The summed E-state index contributed by atoms with van der Waals surface area (Å²) in [6.45, 7) is 1.71. The first kappa shape index (κ1) is 12.3. The van der Waals surface area contributed by atoms with Gasteiger partial charge in [-0.3, -0.25) is 10.1 Å². The Morgan fingerprint density at radius 2 is 2.25 bits per heavy atom. The smallest absolute Gasteiger partial charge is 0.345 e. The number of hydrogen-bond donors (Lipinski definition) is 1. The molecule has 0 aliphatic rings. The molecule has 2 N–H and O–H groups in total. The second kappa shape index (κ2) is 4.80. The van der Waals surface area contributed by atoms with Gasteiger partial charge in [0, 0.05) is 5.69 Å². The average Bonchev–Trinajstić information content (AvgIpc) is 2.15. The van der Waals surface area contributed by atoms with Crippen LogP contribution in [0.4, 0.5) is 11.4 Å². The van der Waals surface area contributed by atoms with Gasteiger partial charge in [-0.05, 0) is 19.1 Å². The Morgan fingerprint density at radius 1 is 1.62 bits per heavy atom. The van der Waals surface area contributed by atoms with E-state index in [0.717, 1.165) is 0 Å². The van der Waals surface area contributed by atoms with Crippen LogP contribution in [0.25, 0.3) is 0 Å². The summed E-state index contributed by atoms with van der Waals surface area (Å²) in [6.07, 6.45) is 0. The third-order valence-electron chi connectivity index (χ3n) is 1.76. The molecule has 0 aliphatic carbocycles. The van der Waals surface area contributed by atoms with E-state index in [-0.39, 0.29) is 22.9 Å². The molecular formula is C9H9ClN2O4. The molecule has 0 fully saturated rings. The molecule has 6 nitrogen and oxygen atoms in total. The third-order valence-corrected chi connectivity index (χ3v) is 2.05. The van der Waals surface area contributed by atoms with Crippen molar-refractivity contribution in [1.82, 2.24) is 0 Å². The molecular weight excluding hydrogens is 236 g/mol. The van der Waals surface area contributed by atoms with Crippen molar-refractivity contribution in [1.29, 1.82) is 0 Å². The highest BCUT2D eigenvalue weighted by Gasteiger charge is 2.25. The summed E-state index contributed by atoms with van der Waals surface area (Å²) >= 11 is 5.64. The number of esters is 1. The van der Waals surface area contributed by atoms with Gasteiger partial charge in [-0.25, -0.2) is 4.79 Å². The molecule has 86 valence electrons. The van der Waals surface area contributed by atoms with Gasteiger partial charge in [-0.1, -0.05) is 11.6 Å². The summed E-state index contributed by atoms with van der Waals surface area (Å²) in [5, 5.41) is 10.5. The van der Waals surface area contributed by atoms with E-state index in [1.54, 1.807) is 6.92 Å². The number of nitro groups is 1. The third kappa shape index (κ3) is 2.40. The Balaban J connectivity index is 3.35. The maximum atomic E-state index is 11.4. The molecule has 0 saturated heterocycles. The van der Waals surface area contributed by atoms with Crippen LogP contribution in [-0.2, 0) is 4.74 Å². The molecule has 16 heavy (non-hydrogen) atoms. The van der Waals surface area contributed by atoms with Crippen molar-refractivity contribution >= 4 is 28.9 Å². The number of anilines is 1. The summed E-state index contributed by atoms with van der Waals surface area (Å²) < 4.78 is 4.67. The minimum atomic E-state index is -0.816. The van der Waals surface area contributed by atoms with E-state index in [4.69, 9.17) is 17.3 Å². The molecule has 7 heteroatoms. The summed E-state index contributed by atoms with van der Waals surface area (Å²) in [5.41, 5.74) is 4.88. The lowest BCUT2D eigenvalue weighted by molar-refractivity contribution is -0.385. The molecule has 0 aromatic heterocycles. The lowest BCUT2D eigenvalue weighted by atomic mass is 10.1. The van der Waals surface area contributed by atoms with Gasteiger partial charge in [0.25, 0.3) is 0 Å². The van der Waals surface area contributed by atoms with Gasteiger partial charge in [0.05, 0.1) is 11.5 Å². The van der Waals surface area contributed by atoms with E-state index in [9.17, 15) is 14.9 Å². The number of rotatable bonds is 3. The largest absolute Gasteiger partial charge is 0.462 e. The van der Waals surface area contributed by atoms with Crippen molar-refractivity contribution in [2.24, 2.45) is 0 Å². The first-order valence-corrected chi connectivity index (χ1v) is 4.75. The number of carbonyl (C=O) groups excluding carboxylic acids is 1. The molecule has 0 saturated carbocycles. The molecule has 0 unspecified atom stereocenters. The average molecular weight is 245 g/mol. The van der Waals surface area contributed by atoms with Crippen LogP contribution in [0.3, 0.4) is 0 Å². The van der Waals surface area contributed by atoms with E-state index < -0.39 is 16.6 Å². The molecule has 0 amide bonds. The molecule has 1 rings (SSSR count). The zero-order valence-corrected chi connectivity index (χ0v) is 9.15. The number of benzene rings is 1. The Labute approximate surface area is 96.1 Å². The summed E-state index contributed by atoms with van der Waals surface area (Å²) in [5.74, 6) is -0.816. The fourth-order valence-electron chi connectivity index (χ4n) is 1.17. The molecule has 0 atom stereocenters. The summed E-state index contributed by atoms with van der Waals surface area (Å²) in [4.78, 5) is 21.4. The Morgan fingerprint density at radius 3 is 2.75 bits per heavy atom. The van der Waals surface area contributed by atoms with Crippen molar-refractivity contribution in [3.63, 3.8) is 0 Å². The van der Waals surface area contributed by atoms with Crippen LogP contribution in [0.5, 0.6) is 0 Å². The van der Waals surface area contributed by atoms with E-state index in [1.165, 1.54) is 12.1 Å². The van der Waals surface area contributed by atoms with Crippen molar-refractivity contribution in [2.75, 3.05) is 12.3 Å². The van der Waals surface area contributed by atoms with Gasteiger partial charge >= 0.3 is 11.7 Å². The van der Waals surface area contributed by atoms with Crippen LogP contribution < -0.4 is 5.73 Å². The monoisotopic (exact) mass is 244 g/mol. The maximum Gasteiger partial charge on any atom is 0.345 e. The van der Waals surface area contributed by atoms with E-state index in [0.29, 0.717) is 0 Å². The minimum absolute atomic E-state index is 0.113. The van der Waals surface area contributed by atoms with Gasteiger partial charge in [0.15, 0.2) is 0 Å². The SMILES string of the molecule is CCOC(=O)c1cc(N)cc(Cl)c1[N+](=O)[O-]. The number of nitrogens with zero attached hydrogens (tertiary/aromatic N) is 1. The topological polar surface area (TPSA) is 95.5 Å². The molecule has 1 aromatic carbocycles. The van der Waals surface area contributed by atoms with Crippen LogP contribution >= 0.6 is 11.6 Å². The lowest BCUT2D eigenvalue weighted by Gasteiger charge is -2.05. The Bertz CT molecular complexity index is 447. The number of carbonyl (C=O) groups is 1. The molecule has 0 aliphatic heterocycles. The van der Waals surface area contributed by atoms with Crippen molar-refractivity contribution in [3.05, 3.63) is 32.8 Å². The van der Waals surface area contributed by atoms with Crippen molar-refractivity contribution in [2.45, 2.75) is 6.92 Å². The van der Waals surface area contributed by atoms with Crippen LogP contribution in [-0.4, -0.2) is 17.5 Å². The number of hydrogen-bond acceptors (Lipinski definition) is 5. The second-order valence-corrected chi connectivity index (χ2v) is 3.28. The first-order valence-electron chi connectivity index (χ1n) is 4.38. The standard InChI is InChI=1S/C9H9ClN2O4/c1-2-16-9(13)6-3-5(11)4-7(10)8(6)12(14)15/h3-4H,2,11H2,1H3. The molecule has 1 aromatic rings. The maximum absolute atomic E-state index is 11.4. The zero-order valence-electron chi connectivity index (χ0n) is 8.40. The normalized spacial score (nSPS) is 9.88. The van der Waals surface area contributed by atoms with Gasteiger partial charge in [-0.15, -0.1) is 0 Å². The Hall–Kier alpha value is -1.82. The number of halogens is 1. The van der Waals surface area contributed by atoms with Crippen LogP contribution in [0, 0.1) is 10.1 Å². The van der Waals surface area contributed by atoms with E-state index >= 15 is 0 Å². The minimum Gasteiger partial charge on any atom is -0.462 e. The van der Waals surface area contributed by atoms with E-state index in [2.05, 4.69) is 4.74 Å². The highest BCUT2D eigenvalue weighted by Crippen LogP contribution is 2.31. The fourth-order valence-corrected chi connectivity index (χ4v) is 1.47. The van der Waals surface area contributed by atoms with Crippen LogP contribution in [0.1, 0.15) is 17.3 Å². The number of nitrogen functional groups attached to an aromatic ring is 1. The quantitative estimate of drug-likeness (QED) is 0.380. The number of nitrogens with two attached hydrogens (primary N) is 1. The lowest BCUT2D eigenvalue weighted by Crippen LogP contribution is -2.09. The predicted octanol–water partition coefficient (Wildman–Crippen LogP) is 2.01. The summed E-state index contributed by atoms with van der Waals surface area (Å²) in [7, 11) is 0. The van der Waals surface area contributed by atoms with E-state index in [1.807, 2.05) is 0 Å². The second-order valence-electron chi connectivity index (χ2n) is 2.88. The van der Waals surface area contributed by atoms with Gasteiger partial charge in [0.2, 0.25) is 0 Å². The first-order chi connectivity index (χ1) is 7.47. The number of ether oxygens (including phenoxy) is 1. The molecule has 0 radical (unpaired) electrons. The number of nitro benzene ring substituents is 1. The van der Waals surface area contributed by atoms with Gasteiger partial charge in [-0.2, -0.15) is 0 Å². The predicted molar refractivity (Wildman–Crippen MR) is 58.5 cm³/mol.